The number of guanidine groups is 1. The average Bonchev–Trinajstić information content (AvgIpc) is 2.42. The minimum atomic E-state index is 0. The lowest BCUT2D eigenvalue weighted by Gasteiger charge is -2.09. The number of terminal acetylenes is 1. The van der Waals surface area contributed by atoms with Crippen molar-refractivity contribution in [1.82, 2.24) is 10.6 Å². The van der Waals surface area contributed by atoms with Crippen LogP contribution in [0.4, 0.5) is 0 Å². The normalized spacial score (nSPS) is 10.1. The minimum absolute atomic E-state index is 0. The number of aliphatic imine (C=N–C) groups is 1. The number of methoxy groups -OCH3 is 1. The molecule has 0 bridgehead atoms. The zero-order valence-electron chi connectivity index (χ0n) is 11.3. The highest BCUT2D eigenvalue weighted by Crippen LogP contribution is 2.12. The Balaban J connectivity index is 0.00000324. The van der Waals surface area contributed by atoms with Crippen molar-refractivity contribution in [3.05, 3.63) is 29.8 Å². The summed E-state index contributed by atoms with van der Waals surface area (Å²) in [4.78, 5) is 4.44. The highest BCUT2D eigenvalue weighted by molar-refractivity contribution is 14.0. The van der Waals surface area contributed by atoms with E-state index in [9.17, 15) is 0 Å². The summed E-state index contributed by atoms with van der Waals surface area (Å²) in [5.74, 6) is 4.08. The Morgan fingerprint density at radius 3 is 2.84 bits per heavy atom. The maximum atomic E-state index is 5.21. The first-order chi connectivity index (χ1) is 8.80. The fourth-order valence-corrected chi connectivity index (χ4v) is 1.42. The first-order valence-electron chi connectivity index (χ1n) is 5.88. The monoisotopic (exact) mass is 373 g/mol. The molecule has 0 saturated heterocycles. The fraction of sp³-hybridized carbons (Fsp3) is 0.357. The van der Waals surface area contributed by atoms with Crippen molar-refractivity contribution >= 4 is 29.9 Å². The van der Waals surface area contributed by atoms with E-state index in [1.54, 1.807) is 7.11 Å². The predicted octanol–water partition coefficient (Wildman–Crippen LogP) is 2.00. The molecule has 0 aliphatic carbocycles. The highest BCUT2D eigenvalue weighted by atomic mass is 127. The third kappa shape index (κ3) is 6.91. The molecular weight excluding hydrogens is 353 g/mol. The summed E-state index contributed by atoms with van der Waals surface area (Å²) >= 11 is 0. The fourth-order valence-electron chi connectivity index (χ4n) is 1.42. The van der Waals surface area contributed by atoms with E-state index in [4.69, 9.17) is 11.2 Å². The molecule has 0 fully saturated rings. The Labute approximate surface area is 132 Å². The number of benzene rings is 1. The third-order valence-corrected chi connectivity index (χ3v) is 2.26. The summed E-state index contributed by atoms with van der Waals surface area (Å²) in [5.41, 5.74) is 1.09. The molecule has 2 N–H and O–H groups in total. The maximum absolute atomic E-state index is 5.21. The van der Waals surface area contributed by atoms with Gasteiger partial charge in [-0.3, -0.25) is 0 Å². The van der Waals surface area contributed by atoms with Crippen LogP contribution in [0.25, 0.3) is 0 Å². The van der Waals surface area contributed by atoms with Crippen molar-refractivity contribution in [1.29, 1.82) is 0 Å². The molecule has 0 radical (unpaired) electrons. The van der Waals surface area contributed by atoms with Gasteiger partial charge in [0.05, 0.1) is 20.2 Å². The molecule has 0 aliphatic rings. The molecule has 0 amide bonds. The lowest BCUT2D eigenvalue weighted by Crippen LogP contribution is -2.37. The van der Waals surface area contributed by atoms with Gasteiger partial charge in [-0.1, -0.05) is 18.1 Å². The summed E-state index contributed by atoms with van der Waals surface area (Å²) in [7, 11) is 1.65. The lowest BCUT2D eigenvalue weighted by molar-refractivity contribution is 0.414. The number of halogens is 1. The molecule has 0 aliphatic heterocycles. The molecule has 0 spiro atoms. The molecule has 19 heavy (non-hydrogen) atoms. The van der Waals surface area contributed by atoms with E-state index in [2.05, 4.69) is 21.5 Å². The number of nitrogens with one attached hydrogen (secondary N) is 2. The molecule has 1 aromatic rings. The van der Waals surface area contributed by atoms with Crippen molar-refractivity contribution in [2.75, 3.05) is 20.2 Å². The van der Waals surface area contributed by atoms with Crippen LogP contribution in [0, 0.1) is 12.3 Å². The molecule has 5 heteroatoms. The van der Waals surface area contributed by atoms with E-state index >= 15 is 0 Å². The van der Waals surface area contributed by atoms with Gasteiger partial charge < -0.3 is 15.4 Å². The second-order valence-electron chi connectivity index (χ2n) is 3.60. The van der Waals surface area contributed by atoms with Gasteiger partial charge in [0.1, 0.15) is 5.75 Å². The number of nitrogens with zero attached hydrogens (tertiary/aromatic N) is 1. The van der Waals surface area contributed by atoms with Crippen molar-refractivity contribution in [2.45, 2.75) is 13.5 Å². The SMILES string of the molecule is C#CCNC(=NCc1cccc(OC)c1)NCC.I. The smallest absolute Gasteiger partial charge is 0.192 e. The Morgan fingerprint density at radius 1 is 1.42 bits per heavy atom. The van der Waals surface area contributed by atoms with E-state index in [0.717, 1.165) is 23.8 Å². The number of hydrogen-bond donors (Lipinski definition) is 2. The second kappa shape index (κ2) is 10.5. The summed E-state index contributed by atoms with van der Waals surface area (Å²) in [5, 5.41) is 6.17. The van der Waals surface area contributed by atoms with E-state index in [1.807, 2.05) is 31.2 Å². The first-order valence-corrected chi connectivity index (χ1v) is 5.88. The average molecular weight is 373 g/mol. The van der Waals surface area contributed by atoms with Crippen molar-refractivity contribution in [2.24, 2.45) is 4.99 Å². The Bertz CT molecular complexity index is 441. The molecule has 0 unspecified atom stereocenters. The second-order valence-corrected chi connectivity index (χ2v) is 3.60. The topological polar surface area (TPSA) is 45.7 Å². The van der Waals surface area contributed by atoms with Crippen LogP contribution >= 0.6 is 24.0 Å². The largest absolute Gasteiger partial charge is 0.497 e. The zero-order chi connectivity index (χ0) is 13.2. The molecular formula is C14H20IN3O. The van der Waals surface area contributed by atoms with Crippen LogP contribution in [0.1, 0.15) is 12.5 Å². The Morgan fingerprint density at radius 2 is 2.21 bits per heavy atom. The number of rotatable bonds is 5. The van der Waals surface area contributed by atoms with Gasteiger partial charge in [-0.15, -0.1) is 30.4 Å². The molecule has 4 nitrogen and oxygen atoms in total. The third-order valence-electron chi connectivity index (χ3n) is 2.26. The Kier molecular flexibility index (Phi) is 9.71. The van der Waals surface area contributed by atoms with Gasteiger partial charge in [0.15, 0.2) is 5.96 Å². The molecule has 0 atom stereocenters. The minimum Gasteiger partial charge on any atom is -0.497 e. The van der Waals surface area contributed by atoms with E-state index in [-0.39, 0.29) is 24.0 Å². The van der Waals surface area contributed by atoms with Gasteiger partial charge in [0, 0.05) is 6.54 Å². The maximum Gasteiger partial charge on any atom is 0.192 e. The standard InChI is InChI=1S/C14H19N3O.HI/c1-4-9-16-14(15-5-2)17-11-12-7-6-8-13(10-12)18-3;/h1,6-8,10H,5,9,11H2,2-3H3,(H2,15,16,17);1H. The van der Waals surface area contributed by atoms with Gasteiger partial charge in [-0.2, -0.15) is 0 Å². The Hall–Kier alpha value is -1.42. The van der Waals surface area contributed by atoms with E-state index in [0.29, 0.717) is 13.1 Å². The molecule has 0 aromatic heterocycles. The summed E-state index contributed by atoms with van der Waals surface area (Å²) in [6.07, 6.45) is 5.21. The first kappa shape index (κ1) is 17.6. The van der Waals surface area contributed by atoms with Crippen LogP contribution in [0.3, 0.4) is 0 Å². The summed E-state index contributed by atoms with van der Waals surface area (Å²) in [6, 6.07) is 7.84. The van der Waals surface area contributed by atoms with Crippen LogP contribution < -0.4 is 15.4 Å². The van der Waals surface area contributed by atoms with Crippen LogP contribution in [0.2, 0.25) is 0 Å². The van der Waals surface area contributed by atoms with Crippen LogP contribution in [0.5, 0.6) is 5.75 Å². The van der Waals surface area contributed by atoms with Gasteiger partial charge in [0.2, 0.25) is 0 Å². The lowest BCUT2D eigenvalue weighted by atomic mass is 10.2. The van der Waals surface area contributed by atoms with Crippen LogP contribution in [-0.2, 0) is 6.54 Å². The van der Waals surface area contributed by atoms with Crippen LogP contribution in [0.15, 0.2) is 29.3 Å². The van der Waals surface area contributed by atoms with Crippen LogP contribution in [-0.4, -0.2) is 26.2 Å². The molecule has 1 rings (SSSR count). The van der Waals surface area contributed by atoms with Crippen molar-refractivity contribution < 1.29 is 4.74 Å². The van der Waals surface area contributed by atoms with E-state index in [1.165, 1.54) is 0 Å². The molecule has 104 valence electrons. The summed E-state index contributed by atoms with van der Waals surface area (Å²) < 4.78 is 5.17. The predicted molar refractivity (Wildman–Crippen MR) is 90.1 cm³/mol. The van der Waals surface area contributed by atoms with Gasteiger partial charge in [-0.25, -0.2) is 4.99 Å². The highest BCUT2D eigenvalue weighted by Gasteiger charge is 1.97. The molecule has 0 saturated carbocycles. The van der Waals surface area contributed by atoms with Crippen molar-refractivity contribution in [3.63, 3.8) is 0 Å². The molecule has 1 aromatic carbocycles. The number of ether oxygens (including phenoxy) is 1. The number of hydrogen-bond acceptors (Lipinski definition) is 2. The van der Waals surface area contributed by atoms with Gasteiger partial charge in [0.25, 0.3) is 0 Å². The van der Waals surface area contributed by atoms with Gasteiger partial charge in [-0.05, 0) is 24.6 Å². The summed E-state index contributed by atoms with van der Waals surface area (Å²) in [6.45, 7) is 3.86. The van der Waals surface area contributed by atoms with Crippen molar-refractivity contribution in [3.8, 4) is 18.1 Å². The zero-order valence-corrected chi connectivity index (χ0v) is 13.6. The quantitative estimate of drug-likeness (QED) is 0.359. The molecule has 0 heterocycles. The van der Waals surface area contributed by atoms with Gasteiger partial charge >= 0.3 is 0 Å². The van der Waals surface area contributed by atoms with E-state index < -0.39 is 0 Å².